The van der Waals surface area contributed by atoms with E-state index >= 15 is 0 Å². The van der Waals surface area contributed by atoms with Gasteiger partial charge in [0.25, 0.3) is 0 Å². The molecule has 0 unspecified atom stereocenters. The van der Waals surface area contributed by atoms with Crippen LogP contribution in [0.15, 0.2) is 30.3 Å². The third-order valence-electron chi connectivity index (χ3n) is 2.23. The average molecular weight is 255 g/mol. The first-order valence-corrected chi connectivity index (χ1v) is 6.00. The first-order valence-electron chi connectivity index (χ1n) is 6.00. The van der Waals surface area contributed by atoms with Gasteiger partial charge in [-0.15, -0.1) is 0 Å². The van der Waals surface area contributed by atoms with Gasteiger partial charge in [-0.2, -0.15) is 8.78 Å². The molecular formula is C14H19F2NO. The summed E-state index contributed by atoms with van der Waals surface area (Å²) in [6.45, 7) is 3.31. The van der Waals surface area contributed by atoms with Gasteiger partial charge in [-0.1, -0.05) is 38.1 Å². The van der Waals surface area contributed by atoms with Crippen LogP contribution in [0.5, 0.6) is 5.75 Å². The van der Waals surface area contributed by atoms with Crippen molar-refractivity contribution in [2.75, 3.05) is 13.1 Å². The van der Waals surface area contributed by atoms with Crippen LogP contribution in [0.25, 0.3) is 6.08 Å². The molecular weight excluding hydrogens is 236 g/mol. The molecule has 2 nitrogen and oxygen atoms in total. The van der Waals surface area contributed by atoms with Gasteiger partial charge in [0.15, 0.2) is 0 Å². The summed E-state index contributed by atoms with van der Waals surface area (Å²) in [4.78, 5) is 0. The van der Waals surface area contributed by atoms with Gasteiger partial charge >= 0.3 is 6.61 Å². The number of hydrogen-bond acceptors (Lipinski definition) is 2. The molecule has 0 bridgehead atoms. The fourth-order valence-electron chi connectivity index (χ4n) is 1.41. The van der Waals surface area contributed by atoms with E-state index < -0.39 is 6.61 Å². The number of alkyl halides is 2. The van der Waals surface area contributed by atoms with E-state index in [0.29, 0.717) is 5.92 Å². The first kappa shape index (κ1) is 14.6. The number of halogens is 2. The molecule has 1 aromatic rings. The normalized spacial score (nSPS) is 11.7. The number of ether oxygens (including phenoxy) is 1. The molecule has 1 rings (SSSR count). The third-order valence-corrected chi connectivity index (χ3v) is 2.23. The molecule has 100 valence electrons. The maximum Gasteiger partial charge on any atom is 0.387 e. The van der Waals surface area contributed by atoms with Crippen LogP contribution in [0.4, 0.5) is 8.78 Å². The standard InChI is InChI=1S/C14H19F2NO/c1-11(2)10-17-9-3-4-12-5-7-13(8-6-12)18-14(15)16/h3-8,11,14,17H,9-10H2,1-2H3. The topological polar surface area (TPSA) is 21.3 Å². The third kappa shape index (κ3) is 6.35. The molecule has 0 spiro atoms. The minimum Gasteiger partial charge on any atom is -0.435 e. The number of nitrogens with one attached hydrogen (secondary N) is 1. The zero-order valence-electron chi connectivity index (χ0n) is 10.7. The van der Waals surface area contributed by atoms with E-state index in [-0.39, 0.29) is 5.75 Å². The second-order valence-corrected chi connectivity index (χ2v) is 4.40. The van der Waals surface area contributed by atoms with E-state index in [1.54, 1.807) is 12.1 Å². The van der Waals surface area contributed by atoms with E-state index in [2.05, 4.69) is 23.9 Å². The second kappa shape index (κ2) is 7.82. The summed E-state index contributed by atoms with van der Waals surface area (Å²) in [6.07, 6.45) is 3.95. The van der Waals surface area contributed by atoms with Crippen molar-refractivity contribution in [1.29, 1.82) is 0 Å². The predicted molar refractivity (Wildman–Crippen MR) is 69.8 cm³/mol. The predicted octanol–water partition coefficient (Wildman–Crippen LogP) is 3.55. The van der Waals surface area contributed by atoms with E-state index in [1.165, 1.54) is 12.1 Å². The molecule has 0 heterocycles. The Morgan fingerprint density at radius 2 is 1.89 bits per heavy atom. The van der Waals surface area contributed by atoms with Crippen molar-refractivity contribution in [1.82, 2.24) is 5.32 Å². The highest BCUT2D eigenvalue weighted by molar-refractivity contribution is 5.50. The lowest BCUT2D eigenvalue weighted by atomic mass is 10.2. The van der Waals surface area contributed by atoms with Crippen molar-refractivity contribution >= 4 is 6.08 Å². The average Bonchev–Trinajstić information content (AvgIpc) is 2.30. The molecule has 1 N–H and O–H groups in total. The Hall–Kier alpha value is -1.42. The van der Waals surface area contributed by atoms with E-state index in [4.69, 9.17) is 0 Å². The summed E-state index contributed by atoms with van der Waals surface area (Å²) in [5, 5.41) is 3.28. The summed E-state index contributed by atoms with van der Waals surface area (Å²) in [7, 11) is 0. The maximum absolute atomic E-state index is 11.9. The number of hydrogen-bond donors (Lipinski definition) is 1. The van der Waals surface area contributed by atoms with Gasteiger partial charge in [0.1, 0.15) is 5.75 Å². The molecule has 0 fully saturated rings. The van der Waals surface area contributed by atoms with Crippen molar-refractivity contribution in [2.45, 2.75) is 20.5 Å². The minimum atomic E-state index is -2.77. The summed E-state index contributed by atoms with van der Waals surface area (Å²) < 4.78 is 28.1. The Balaban J connectivity index is 2.36. The van der Waals surface area contributed by atoms with E-state index in [1.807, 2.05) is 12.2 Å². The second-order valence-electron chi connectivity index (χ2n) is 4.40. The van der Waals surface area contributed by atoms with Gasteiger partial charge in [-0.25, -0.2) is 0 Å². The molecule has 1 aromatic carbocycles. The van der Waals surface area contributed by atoms with Crippen molar-refractivity contribution in [2.24, 2.45) is 5.92 Å². The molecule has 4 heteroatoms. The Labute approximate surface area is 107 Å². The Bertz CT molecular complexity index is 361. The molecule has 0 aliphatic heterocycles. The fraction of sp³-hybridized carbons (Fsp3) is 0.429. The number of benzene rings is 1. The number of rotatable bonds is 7. The molecule has 18 heavy (non-hydrogen) atoms. The lowest BCUT2D eigenvalue weighted by Gasteiger charge is -2.04. The van der Waals surface area contributed by atoms with E-state index in [9.17, 15) is 8.78 Å². The van der Waals surface area contributed by atoms with Gasteiger partial charge in [-0.05, 0) is 30.2 Å². The summed E-state index contributed by atoms with van der Waals surface area (Å²) >= 11 is 0. The van der Waals surface area contributed by atoms with Gasteiger partial charge < -0.3 is 10.1 Å². The molecule has 0 atom stereocenters. The zero-order valence-corrected chi connectivity index (χ0v) is 10.7. The van der Waals surface area contributed by atoms with Crippen LogP contribution in [0.2, 0.25) is 0 Å². The SMILES string of the molecule is CC(C)CNCC=Cc1ccc(OC(F)F)cc1. The van der Waals surface area contributed by atoms with Crippen LogP contribution in [0.1, 0.15) is 19.4 Å². The highest BCUT2D eigenvalue weighted by Crippen LogP contribution is 2.15. The molecule has 0 saturated heterocycles. The highest BCUT2D eigenvalue weighted by atomic mass is 19.3. The van der Waals surface area contributed by atoms with Crippen LogP contribution in [-0.2, 0) is 0 Å². The Morgan fingerprint density at radius 3 is 2.44 bits per heavy atom. The fourth-order valence-corrected chi connectivity index (χ4v) is 1.41. The van der Waals surface area contributed by atoms with Crippen LogP contribution in [0.3, 0.4) is 0 Å². The van der Waals surface area contributed by atoms with Crippen molar-refractivity contribution < 1.29 is 13.5 Å². The Morgan fingerprint density at radius 1 is 1.22 bits per heavy atom. The maximum atomic E-state index is 11.9. The van der Waals surface area contributed by atoms with Crippen LogP contribution < -0.4 is 10.1 Å². The molecule has 0 aliphatic rings. The van der Waals surface area contributed by atoms with Gasteiger partial charge in [-0.3, -0.25) is 0 Å². The zero-order chi connectivity index (χ0) is 13.4. The van der Waals surface area contributed by atoms with E-state index in [0.717, 1.165) is 18.7 Å². The van der Waals surface area contributed by atoms with Gasteiger partial charge in [0, 0.05) is 6.54 Å². The summed E-state index contributed by atoms with van der Waals surface area (Å²) in [6, 6.07) is 6.56. The van der Waals surface area contributed by atoms with Crippen LogP contribution in [0, 0.1) is 5.92 Å². The molecule has 0 radical (unpaired) electrons. The first-order chi connectivity index (χ1) is 8.58. The summed E-state index contributed by atoms with van der Waals surface area (Å²) in [5.41, 5.74) is 0.961. The lowest BCUT2D eigenvalue weighted by molar-refractivity contribution is -0.0498. The molecule has 0 aliphatic carbocycles. The molecule has 0 aromatic heterocycles. The van der Waals surface area contributed by atoms with Crippen LogP contribution in [-0.4, -0.2) is 19.7 Å². The van der Waals surface area contributed by atoms with Crippen molar-refractivity contribution in [3.8, 4) is 5.75 Å². The lowest BCUT2D eigenvalue weighted by Crippen LogP contribution is -2.19. The molecule has 0 amide bonds. The quantitative estimate of drug-likeness (QED) is 0.752. The summed E-state index contributed by atoms with van der Waals surface area (Å²) in [5.74, 6) is 0.810. The van der Waals surface area contributed by atoms with Gasteiger partial charge in [0.2, 0.25) is 0 Å². The van der Waals surface area contributed by atoms with Gasteiger partial charge in [0.05, 0.1) is 0 Å². The largest absolute Gasteiger partial charge is 0.435 e. The van der Waals surface area contributed by atoms with Crippen molar-refractivity contribution in [3.05, 3.63) is 35.9 Å². The Kier molecular flexibility index (Phi) is 6.36. The smallest absolute Gasteiger partial charge is 0.387 e. The minimum absolute atomic E-state index is 0.181. The van der Waals surface area contributed by atoms with Crippen LogP contribution >= 0.6 is 0 Å². The monoisotopic (exact) mass is 255 g/mol. The van der Waals surface area contributed by atoms with Crippen molar-refractivity contribution in [3.63, 3.8) is 0 Å². The highest BCUT2D eigenvalue weighted by Gasteiger charge is 2.02. The molecule has 0 saturated carbocycles.